The molecule has 1 aliphatic carbocycles. The predicted molar refractivity (Wildman–Crippen MR) is 69.2 cm³/mol. The van der Waals surface area contributed by atoms with Crippen molar-refractivity contribution in [2.24, 2.45) is 5.92 Å². The van der Waals surface area contributed by atoms with Crippen LogP contribution in [-0.4, -0.2) is 6.54 Å². The number of halogens is 2. The van der Waals surface area contributed by atoms with Gasteiger partial charge in [0.05, 0.1) is 5.69 Å². The Bertz CT molecular complexity index is 348. The van der Waals surface area contributed by atoms with E-state index in [1.165, 1.54) is 38.2 Å². The fourth-order valence-electron chi connectivity index (χ4n) is 2.28. The summed E-state index contributed by atoms with van der Waals surface area (Å²) in [5, 5.41) is 3.22. The number of hydrogen-bond acceptors (Lipinski definition) is 1. The van der Waals surface area contributed by atoms with Gasteiger partial charge in [-0.1, -0.05) is 35.2 Å². The standard InChI is InChI=1S/C13H17BrFN/c14-11-6-7-12(15)13(8-11)16-9-10-4-2-1-3-5-10/h6-8,10,16H,1-5,9H2. The van der Waals surface area contributed by atoms with Crippen molar-refractivity contribution >= 4 is 21.6 Å². The van der Waals surface area contributed by atoms with Crippen LogP contribution in [0.2, 0.25) is 0 Å². The molecule has 88 valence electrons. The molecular weight excluding hydrogens is 269 g/mol. The van der Waals surface area contributed by atoms with Gasteiger partial charge in [-0.25, -0.2) is 4.39 Å². The quantitative estimate of drug-likeness (QED) is 0.857. The second-order valence-electron chi connectivity index (χ2n) is 4.51. The Morgan fingerprint density at radius 3 is 2.75 bits per heavy atom. The highest BCUT2D eigenvalue weighted by molar-refractivity contribution is 9.10. The van der Waals surface area contributed by atoms with Gasteiger partial charge in [-0.05, 0) is 37.0 Å². The van der Waals surface area contributed by atoms with E-state index in [1.807, 2.05) is 0 Å². The van der Waals surface area contributed by atoms with E-state index in [4.69, 9.17) is 0 Å². The molecule has 3 heteroatoms. The monoisotopic (exact) mass is 285 g/mol. The Hall–Kier alpha value is -0.570. The average molecular weight is 286 g/mol. The van der Waals surface area contributed by atoms with Crippen molar-refractivity contribution < 1.29 is 4.39 Å². The second kappa shape index (κ2) is 5.67. The van der Waals surface area contributed by atoms with Gasteiger partial charge in [0.1, 0.15) is 5.82 Å². The molecule has 0 atom stereocenters. The third kappa shape index (κ3) is 3.21. The average Bonchev–Trinajstić information content (AvgIpc) is 2.32. The smallest absolute Gasteiger partial charge is 0.146 e. The van der Waals surface area contributed by atoms with Gasteiger partial charge >= 0.3 is 0 Å². The van der Waals surface area contributed by atoms with Crippen molar-refractivity contribution in [1.82, 2.24) is 0 Å². The third-order valence-electron chi connectivity index (χ3n) is 3.23. The number of hydrogen-bond donors (Lipinski definition) is 1. The molecule has 0 heterocycles. The minimum Gasteiger partial charge on any atom is -0.382 e. The van der Waals surface area contributed by atoms with Gasteiger partial charge in [0.2, 0.25) is 0 Å². The van der Waals surface area contributed by atoms with Crippen LogP contribution < -0.4 is 5.32 Å². The zero-order chi connectivity index (χ0) is 11.4. The van der Waals surface area contributed by atoms with Crippen LogP contribution in [0.1, 0.15) is 32.1 Å². The van der Waals surface area contributed by atoms with Gasteiger partial charge < -0.3 is 5.32 Å². The summed E-state index contributed by atoms with van der Waals surface area (Å²) in [7, 11) is 0. The summed E-state index contributed by atoms with van der Waals surface area (Å²) in [6, 6.07) is 5.02. The number of rotatable bonds is 3. The predicted octanol–water partition coefficient (Wildman–Crippen LogP) is 4.58. The molecule has 0 amide bonds. The van der Waals surface area contributed by atoms with Crippen LogP contribution in [0.15, 0.2) is 22.7 Å². The van der Waals surface area contributed by atoms with Crippen molar-refractivity contribution in [1.29, 1.82) is 0 Å². The van der Waals surface area contributed by atoms with Crippen molar-refractivity contribution in [3.05, 3.63) is 28.5 Å². The summed E-state index contributed by atoms with van der Waals surface area (Å²) < 4.78 is 14.4. The Morgan fingerprint density at radius 2 is 2.00 bits per heavy atom. The molecule has 1 N–H and O–H groups in total. The molecule has 1 nitrogen and oxygen atoms in total. The molecule has 0 radical (unpaired) electrons. The van der Waals surface area contributed by atoms with Crippen LogP contribution in [0.25, 0.3) is 0 Å². The first kappa shape index (κ1) is 11.9. The van der Waals surface area contributed by atoms with Gasteiger partial charge in [-0.3, -0.25) is 0 Å². The van der Waals surface area contributed by atoms with E-state index < -0.39 is 0 Å². The summed E-state index contributed by atoms with van der Waals surface area (Å²) in [4.78, 5) is 0. The van der Waals surface area contributed by atoms with Gasteiger partial charge in [0, 0.05) is 11.0 Å². The number of anilines is 1. The van der Waals surface area contributed by atoms with E-state index in [0.717, 1.165) is 11.0 Å². The first-order chi connectivity index (χ1) is 7.75. The van der Waals surface area contributed by atoms with Gasteiger partial charge in [0.25, 0.3) is 0 Å². The zero-order valence-electron chi connectivity index (χ0n) is 9.31. The van der Waals surface area contributed by atoms with Gasteiger partial charge in [0.15, 0.2) is 0 Å². The molecule has 1 aromatic carbocycles. The number of benzene rings is 1. The topological polar surface area (TPSA) is 12.0 Å². The second-order valence-corrected chi connectivity index (χ2v) is 5.42. The molecule has 0 saturated heterocycles. The van der Waals surface area contributed by atoms with Crippen LogP contribution in [-0.2, 0) is 0 Å². The Labute approximate surface area is 105 Å². The van der Waals surface area contributed by atoms with Crippen molar-refractivity contribution in [2.75, 3.05) is 11.9 Å². The van der Waals surface area contributed by atoms with Crippen LogP contribution in [0.3, 0.4) is 0 Å². The lowest BCUT2D eigenvalue weighted by Crippen LogP contribution is -2.17. The molecule has 1 saturated carbocycles. The van der Waals surface area contributed by atoms with Gasteiger partial charge in [-0.15, -0.1) is 0 Å². The fraction of sp³-hybridized carbons (Fsp3) is 0.538. The fourth-order valence-corrected chi connectivity index (χ4v) is 2.64. The highest BCUT2D eigenvalue weighted by Crippen LogP contribution is 2.25. The highest BCUT2D eigenvalue weighted by atomic mass is 79.9. The third-order valence-corrected chi connectivity index (χ3v) is 3.73. The normalized spacial score (nSPS) is 17.4. The van der Waals surface area contributed by atoms with Crippen molar-refractivity contribution in [2.45, 2.75) is 32.1 Å². The molecular formula is C13H17BrFN. The summed E-state index contributed by atoms with van der Waals surface area (Å²) in [5.41, 5.74) is 0.611. The van der Waals surface area contributed by atoms with Crippen LogP contribution in [0, 0.1) is 11.7 Å². The number of nitrogens with one attached hydrogen (secondary N) is 1. The van der Waals surface area contributed by atoms with E-state index in [-0.39, 0.29) is 5.82 Å². The molecule has 1 aromatic rings. The Kier molecular flexibility index (Phi) is 4.22. The first-order valence-corrected chi connectivity index (χ1v) is 6.74. The van der Waals surface area contributed by atoms with Crippen LogP contribution in [0.4, 0.5) is 10.1 Å². The maximum Gasteiger partial charge on any atom is 0.146 e. The lowest BCUT2D eigenvalue weighted by atomic mass is 9.89. The largest absolute Gasteiger partial charge is 0.382 e. The van der Waals surface area contributed by atoms with E-state index >= 15 is 0 Å². The minimum absolute atomic E-state index is 0.168. The van der Waals surface area contributed by atoms with Crippen LogP contribution in [0.5, 0.6) is 0 Å². The lowest BCUT2D eigenvalue weighted by molar-refractivity contribution is 0.373. The van der Waals surface area contributed by atoms with E-state index in [1.54, 1.807) is 12.1 Å². The zero-order valence-corrected chi connectivity index (χ0v) is 10.9. The summed E-state index contributed by atoms with van der Waals surface area (Å²) in [6.07, 6.45) is 6.58. The summed E-state index contributed by atoms with van der Waals surface area (Å²) in [5.74, 6) is 0.547. The highest BCUT2D eigenvalue weighted by Gasteiger charge is 2.13. The van der Waals surface area contributed by atoms with Gasteiger partial charge in [-0.2, -0.15) is 0 Å². The molecule has 16 heavy (non-hydrogen) atoms. The molecule has 1 fully saturated rings. The Balaban J connectivity index is 1.90. The maximum atomic E-state index is 13.4. The van der Waals surface area contributed by atoms with E-state index in [0.29, 0.717) is 11.6 Å². The van der Waals surface area contributed by atoms with Crippen molar-refractivity contribution in [3.63, 3.8) is 0 Å². The molecule has 2 rings (SSSR count). The molecule has 0 spiro atoms. The molecule has 0 bridgehead atoms. The summed E-state index contributed by atoms with van der Waals surface area (Å²) >= 11 is 3.36. The van der Waals surface area contributed by atoms with E-state index in [9.17, 15) is 4.39 Å². The Morgan fingerprint density at radius 1 is 1.25 bits per heavy atom. The minimum atomic E-state index is -0.168. The lowest BCUT2D eigenvalue weighted by Gasteiger charge is -2.22. The van der Waals surface area contributed by atoms with Crippen molar-refractivity contribution in [3.8, 4) is 0 Å². The molecule has 1 aliphatic rings. The maximum absolute atomic E-state index is 13.4. The molecule has 0 aliphatic heterocycles. The first-order valence-electron chi connectivity index (χ1n) is 5.94. The van der Waals surface area contributed by atoms with Crippen LogP contribution >= 0.6 is 15.9 Å². The SMILES string of the molecule is Fc1ccc(Br)cc1NCC1CCCCC1. The van der Waals surface area contributed by atoms with E-state index in [2.05, 4.69) is 21.2 Å². The summed E-state index contributed by atoms with van der Waals surface area (Å²) in [6.45, 7) is 0.896. The molecule has 0 aromatic heterocycles. The molecule has 0 unspecified atom stereocenters.